The van der Waals surface area contributed by atoms with Crippen LogP contribution < -0.4 is 5.56 Å². The second-order valence-corrected chi connectivity index (χ2v) is 5.88. The summed E-state index contributed by atoms with van der Waals surface area (Å²) in [7, 11) is 3.53. The van der Waals surface area contributed by atoms with Crippen LogP contribution in [0.3, 0.4) is 0 Å². The molecule has 2 aromatic rings. The molecule has 0 N–H and O–H groups in total. The van der Waals surface area contributed by atoms with Crippen LogP contribution in [0.2, 0.25) is 5.15 Å². The highest BCUT2D eigenvalue weighted by Crippen LogP contribution is 2.23. The summed E-state index contributed by atoms with van der Waals surface area (Å²) in [6, 6.07) is 1.69. The molecule has 3 heterocycles. The molecule has 0 spiro atoms. The Hall–Kier alpha value is -1.66. The van der Waals surface area contributed by atoms with Crippen LogP contribution in [-0.2, 0) is 33.6 Å². The smallest absolute Gasteiger partial charge is 0.266 e. The standard InChI is InChI=1S/C14H18ClN5O/c1-9-11(14(15)19(3)16-9)8-20-5-4-12-10(7-20)6-13(21)18(2)17-12/h6H,4-5,7-8H2,1-3H3. The first-order chi connectivity index (χ1) is 9.95. The number of nitrogens with zero attached hydrogens (tertiary/aromatic N) is 5. The summed E-state index contributed by atoms with van der Waals surface area (Å²) in [5.74, 6) is 0. The summed E-state index contributed by atoms with van der Waals surface area (Å²) < 4.78 is 3.10. The van der Waals surface area contributed by atoms with Crippen LogP contribution in [0.4, 0.5) is 0 Å². The lowest BCUT2D eigenvalue weighted by molar-refractivity contribution is 0.241. The van der Waals surface area contributed by atoms with Crippen LogP contribution in [0, 0.1) is 6.92 Å². The summed E-state index contributed by atoms with van der Waals surface area (Å²) in [5.41, 5.74) is 3.98. The highest BCUT2D eigenvalue weighted by molar-refractivity contribution is 6.30. The number of rotatable bonds is 2. The summed E-state index contributed by atoms with van der Waals surface area (Å²) in [6.07, 6.45) is 0.848. The van der Waals surface area contributed by atoms with Gasteiger partial charge in [-0.3, -0.25) is 14.4 Å². The van der Waals surface area contributed by atoms with E-state index in [-0.39, 0.29) is 5.56 Å². The van der Waals surface area contributed by atoms with Gasteiger partial charge in [-0.1, -0.05) is 11.6 Å². The molecule has 0 bridgehead atoms. The minimum atomic E-state index is -0.0637. The fraction of sp³-hybridized carbons (Fsp3) is 0.500. The maximum atomic E-state index is 11.7. The van der Waals surface area contributed by atoms with Gasteiger partial charge in [0.25, 0.3) is 5.56 Å². The molecular formula is C14H18ClN5O. The SMILES string of the molecule is Cc1nn(C)c(Cl)c1CN1CCc2nn(C)c(=O)cc2C1. The van der Waals surface area contributed by atoms with Gasteiger partial charge in [-0.15, -0.1) is 0 Å². The van der Waals surface area contributed by atoms with E-state index in [0.29, 0.717) is 5.15 Å². The predicted octanol–water partition coefficient (Wildman–Crippen LogP) is 1.03. The van der Waals surface area contributed by atoms with E-state index in [1.807, 2.05) is 14.0 Å². The van der Waals surface area contributed by atoms with Gasteiger partial charge in [0.15, 0.2) is 0 Å². The molecule has 21 heavy (non-hydrogen) atoms. The third-order valence-electron chi connectivity index (χ3n) is 3.97. The quantitative estimate of drug-likeness (QED) is 0.832. The maximum absolute atomic E-state index is 11.7. The molecule has 112 valence electrons. The van der Waals surface area contributed by atoms with E-state index >= 15 is 0 Å². The second kappa shape index (κ2) is 5.27. The van der Waals surface area contributed by atoms with Crippen molar-refractivity contribution in [2.45, 2.75) is 26.4 Å². The van der Waals surface area contributed by atoms with E-state index in [4.69, 9.17) is 11.6 Å². The fourth-order valence-corrected chi connectivity index (χ4v) is 3.00. The van der Waals surface area contributed by atoms with Crippen LogP contribution in [0.15, 0.2) is 10.9 Å². The largest absolute Gasteiger partial charge is 0.294 e. The second-order valence-electron chi connectivity index (χ2n) is 5.52. The minimum absolute atomic E-state index is 0.0637. The third-order valence-corrected chi connectivity index (χ3v) is 4.44. The van der Waals surface area contributed by atoms with Crippen molar-refractivity contribution >= 4 is 11.6 Å². The average Bonchev–Trinajstić information content (AvgIpc) is 2.67. The number of halogens is 1. The van der Waals surface area contributed by atoms with Gasteiger partial charge in [-0.25, -0.2) is 4.68 Å². The molecule has 0 saturated heterocycles. The van der Waals surface area contributed by atoms with Crippen molar-refractivity contribution < 1.29 is 0 Å². The molecule has 0 fully saturated rings. The van der Waals surface area contributed by atoms with E-state index in [0.717, 1.165) is 48.6 Å². The third kappa shape index (κ3) is 2.61. The molecule has 0 amide bonds. The van der Waals surface area contributed by atoms with E-state index in [1.54, 1.807) is 17.8 Å². The molecule has 6 nitrogen and oxygen atoms in total. The monoisotopic (exact) mass is 307 g/mol. The normalized spacial score (nSPS) is 15.2. The lowest BCUT2D eigenvalue weighted by atomic mass is 10.1. The van der Waals surface area contributed by atoms with E-state index < -0.39 is 0 Å². The van der Waals surface area contributed by atoms with Gasteiger partial charge in [0, 0.05) is 51.8 Å². The number of aryl methyl sites for hydroxylation is 3. The maximum Gasteiger partial charge on any atom is 0.266 e. The molecule has 0 saturated carbocycles. The Bertz CT molecular complexity index is 749. The van der Waals surface area contributed by atoms with E-state index in [2.05, 4.69) is 15.1 Å². The molecule has 3 rings (SSSR count). The topological polar surface area (TPSA) is 56.0 Å². The van der Waals surface area contributed by atoms with Crippen molar-refractivity contribution in [2.75, 3.05) is 6.54 Å². The Kier molecular flexibility index (Phi) is 3.59. The first-order valence-corrected chi connectivity index (χ1v) is 7.30. The number of hydrogen-bond acceptors (Lipinski definition) is 4. The van der Waals surface area contributed by atoms with Crippen molar-refractivity contribution in [3.63, 3.8) is 0 Å². The van der Waals surface area contributed by atoms with Gasteiger partial charge in [0.05, 0.1) is 11.4 Å². The Morgan fingerprint density at radius 1 is 1.29 bits per heavy atom. The van der Waals surface area contributed by atoms with Crippen LogP contribution in [0.5, 0.6) is 0 Å². The zero-order valence-electron chi connectivity index (χ0n) is 12.4. The van der Waals surface area contributed by atoms with Gasteiger partial charge in [-0.05, 0) is 12.5 Å². The van der Waals surface area contributed by atoms with E-state index in [1.165, 1.54) is 4.68 Å². The Labute approximate surface area is 127 Å². The highest BCUT2D eigenvalue weighted by Gasteiger charge is 2.21. The van der Waals surface area contributed by atoms with Crippen molar-refractivity contribution in [1.29, 1.82) is 0 Å². The Balaban J connectivity index is 1.83. The molecule has 1 aliphatic rings. The zero-order chi connectivity index (χ0) is 15.1. The molecular weight excluding hydrogens is 290 g/mol. The van der Waals surface area contributed by atoms with Crippen LogP contribution in [0.25, 0.3) is 0 Å². The summed E-state index contributed by atoms with van der Waals surface area (Å²) in [6.45, 7) is 4.34. The Morgan fingerprint density at radius 2 is 2.05 bits per heavy atom. The summed E-state index contributed by atoms with van der Waals surface area (Å²) in [5, 5.41) is 9.35. The molecule has 0 atom stereocenters. The first kappa shape index (κ1) is 14.3. The van der Waals surface area contributed by atoms with Gasteiger partial charge in [0.1, 0.15) is 5.15 Å². The van der Waals surface area contributed by atoms with Gasteiger partial charge in [0.2, 0.25) is 0 Å². The molecule has 0 aliphatic carbocycles. The van der Waals surface area contributed by atoms with Crippen LogP contribution in [-0.4, -0.2) is 31.0 Å². The molecule has 7 heteroatoms. The zero-order valence-corrected chi connectivity index (χ0v) is 13.2. The van der Waals surface area contributed by atoms with Crippen molar-refractivity contribution in [2.24, 2.45) is 14.1 Å². The summed E-state index contributed by atoms with van der Waals surface area (Å²) >= 11 is 6.29. The summed E-state index contributed by atoms with van der Waals surface area (Å²) in [4.78, 5) is 14.0. The predicted molar refractivity (Wildman–Crippen MR) is 80.3 cm³/mol. The van der Waals surface area contributed by atoms with Crippen molar-refractivity contribution in [3.05, 3.63) is 44.1 Å². The molecule has 0 radical (unpaired) electrons. The molecule has 0 aromatic carbocycles. The highest BCUT2D eigenvalue weighted by atomic mass is 35.5. The number of aromatic nitrogens is 4. The number of hydrogen-bond donors (Lipinski definition) is 0. The van der Waals surface area contributed by atoms with Gasteiger partial charge in [-0.2, -0.15) is 10.2 Å². The van der Waals surface area contributed by atoms with Crippen LogP contribution in [0.1, 0.15) is 22.5 Å². The first-order valence-electron chi connectivity index (χ1n) is 6.92. The van der Waals surface area contributed by atoms with E-state index in [9.17, 15) is 4.79 Å². The van der Waals surface area contributed by atoms with Crippen LogP contribution >= 0.6 is 11.6 Å². The molecule has 1 aliphatic heterocycles. The molecule has 2 aromatic heterocycles. The lowest BCUT2D eigenvalue weighted by Crippen LogP contribution is -2.34. The number of fused-ring (bicyclic) bond motifs is 1. The Morgan fingerprint density at radius 3 is 2.71 bits per heavy atom. The van der Waals surface area contributed by atoms with Gasteiger partial charge < -0.3 is 0 Å². The lowest BCUT2D eigenvalue weighted by Gasteiger charge is -2.27. The minimum Gasteiger partial charge on any atom is -0.294 e. The average molecular weight is 308 g/mol. The van der Waals surface area contributed by atoms with Crippen molar-refractivity contribution in [1.82, 2.24) is 24.5 Å². The molecule has 0 unspecified atom stereocenters. The fourth-order valence-electron chi connectivity index (χ4n) is 2.76. The van der Waals surface area contributed by atoms with Gasteiger partial charge >= 0.3 is 0 Å². The van der Waals surface area contributed by atoms with Crippen molar-refractivity contribution in [3.8, 4) is 0 Å².